The highest BCUT2D eigenvalue weighted by Crippen LogP contribution is 2.34. The Morgan fingerprint density at radius 3 is 1.17 bits per heavy atom. The Hall–Kier alpha value is -4.70. The van der Waals surface area contributed by atoms with E-state index in [-0.39, 0.29) is 109 Å². The van der Waals surface area contributed by atoms with Crippen LogP contribution in [-0.4, -0.2) is 211 Å². The van der Waals surface area contributed by atoms with Gasteiger partial charge in [0.05, 0.1) is 114 Å². The first kappa shape index (κ1) is 63.8. The van der Waals surface area contributed by atoms with Crippen molar-refractivity contribution in [1.29, 1.82) is 0 Å². The zero-order chi connectivity index (χ0) is 55.6. The fourth-order valence-electron chi connectivity index (χ4n) is 8.33. The molecule has 0 fully saturated rings. The lowest BCUT2D eigenvalue weighted by Gasteiger charge is -2.25. The first-order valence-corrected chi connectivity index (χ1v) is 26.2. The lowest BCUT2D eigenvalue weighted by molar-refractivity contribution is -0.645. The Balaban J connectivity index is 2.01. The van der Waals surface area contributed by atoms with E-state index in [4.69, 9.17) is 75.8 Å². The summed E-state index contributed by atoms with van der Waals surface area (Å²) < 4.78 is 128. The molecule has 22 nitrogen and oxygen atoms in total. The van der Waals surface area contributed by atoms with Crippen LogP contribution in [0, 0.1) is 13.8 Å². The molecule has 0 saturated heterocycles. The third kappa shape index (κ3) is 20.3. The highest BCUT2D eigenvalue weighted by molar-refractivity contribution is 7.85. The number of carbonyl (C=O) groups is 2. The second-order valence-corrected chi connectivity index (χ2v) is 19.4. The topological polar surface area (TPSA) is 240 Å². The maximum Gasteiger partial charge on any atom is 0.345 e. The average molecular weight is 1100 g/mol. The number of ether oxygens (including phenoxy) is 16. The molecule has 76 heavy (non-hydrogen) atoms. The normalized spacial score (nSPS) is 12.2. The number of hydrogen-bond acceptors (Lipinski definition) is 20. The third-order valence-corrected chi connectivity index (χ3v) is 12.4. The zero-order valence-electron chi connectivity index (χ0n) is 45.7. The standard InChI is InChI=1S/C53H77NO21S/c1-35-19-37(52(55)68-11)20-36(2)51(35)75-53(56)50-46-21-38(73-44(31-69-40(23-60-3)24-61-4)32-70-41(25-62-5)26-63-6)13-15-48(46)54(17-12-18-76(57,58)59)49-16-14-39(22-47(49)50)74-45(33-71-42(27-64-7)28-65-8)34-72-43(29-66-9)30-67-10/h13-16,19-22,40-45H,12,17-18,23-34H2,1-11H3/p+1. The van der Waals surface area contributed by atoms with Crippen LogP contribution in [0.5, 0.6) is 17.2 Å². The minimum atomic E-state index is -4.36. The Bertz CT molecular complexity index is 2320. The van der Waals surface area contributed by atoms with Crippen LogP contribution in [0.3, 0.4) is 0 Å². The van der Waals surface area contributed by atoms with Crippen molar-refractivity contribution < 1.29 is 103 Å². The van der Waals surface area contributed by atoms with Crippen LogP contribution in [0.4, 0.5) is 0 Å². The van der Waals surface area contributed by atoms with E-state index in [0.29, 0.717) is 44.4 Å². The molecule has 0 aliphatic rings. The van der Waals surface area contributed by atoms with Crippen molar-refractivity contribution in [3.05, 3.63) is 70.8 Å². The molecule has 0 saturated carbocycles. The number of pyridine rings is 1. The summed E-state index contributed by atoms with van der Waals surface area (Å²) in [5.74, 6) is -1.09. The predicted octanol–water partition coefficient (Wildman–Crippen LogP) is 4.39. The van der Waals surface area contributed by atoms with Crippen LogP contribution < -0.4 is 18.8 Å². The van der Waals surface area contributed by atoms with E-state index in [1.165, 1.54) is 7.11 Å². The van der Waals surface area contributed by atoms with Gasteiger partial charge in [0.25, 0.3) is 10.1 Å². The summed E-state index contributed by atoms with van der Waals surface area (Å²) in [5, 5.41) is 0.669. The minimum Gasteiger partial charge on any atom is -0.486 e. The Morgan fingerprint density at radius 2 is 0.855 bits per heavy atom. The van der Waals surface area contributed by atoms with Gasteiger partial charge in [-0.05, 0) is 61.4 Å². The molecular formula is C53H78NO21S+. The van der Waals surface area contributed by atoms with E-state index in [9.17, 15) is 17.8 Å². The first-order chi connectivity index (χ1) is 36.6. The fraction of sp³-hybridized carbons (Fsp3) is 0.604. The van der Waals surface area contributed by atoms with Crippen molar-refractivity contribution >= 4 is 43.9 Å². The SMILES string of the molecule is COCC(COC)OCC(COC(COC)COC)Oc1ccc2c(c1)c(C(=O)Oc1c(C)cc(C(=O)OC)cc1C)c1cc(OC(COC(COC)COC)COC(COC)COC)ccc1[n+]2CCCS(=O)(=O)O. The van der Waals surface area contributed by atoms with Crippen molar-refractivity contribution in [2.75, 3.05) is 149 Å². The van der Waals surface area contributed by atoms with Gasteiger partial charge in [-0.2, -0.15) is 13.0 Å². The number of esters is 2. The van der Waals surface area contributed by atoms with Crippen LogP contribution in [-0.2, 0) is 78.2 Å². The van der Waals surface area contributed by atoms with Gasteiger partial charge in [0, 0.05) is 75.4 Å². The fourth-order valence-corrected chi connectivity index (χ4v) is 8.83. The molecule has 0 aliphatic carbocycles. The quantitative estimate of drug-likeness (QED) is 0.0214. The largest absolute Gasteiger partial charge is 0.486 e. The van der Waals surface area contributed by atoms with Gasteiger partial charge in [0.15, 0.2) is 6.54 Å². The number of aromatic nitrogens is 1. The first-order valence-electron chi connectivity index (χ1n) is 24.6. The van der Waals surface area contributed by atoms with Crippen molar-refractivity contribution in [1.82, 2.24) is 0 Å². The van der Waals surface area contributed by atoms with E-state index < -0.39 is 64.4 Å². The molecular weight excluding hydrogens is 1020 g/mol. The molecule has 0 bridgehead atoms. The molecule has 0 aliphatic heterocycles. The molecule has 1 heterocycles. The van der Waals surface area contributed by atoms with Gasteiger partial charge in [-0.25, -0.2) is 9.59 Å². The number of nitrogens with zero attached hydrogens (tertiary/aromatic N) is 1. The molecule has 23 heteroatoms. The molecule has 1 aromatic heterocycles. The van der Waals surface area contributed by atoms with Crippen molar-refractivity contribution in [2.45, 2.75) is 63.4 Å². The van der Waals surface area contributed by atoms with Crippen molar-refractivity contribution in [2.24, 2.45) is 0 Å². The molecule has 0 atom stereocenters. The average Bonchev–Trinajstić information content (AvgIpc) is 3.38. The highest BCUT2D eigenvalue weighted by atomic mass is 32.2. The van der Waals surface area contributed by atoms with Crippen LogP contribution >= 0.6 is 0 Å². The van der Waals surface area contributed by atoms with Crippen molar-refractivity contribution in [3.8, 4) is 17.2 Å². The number of benzene rings is 3. The van der Waals surface area contributed by atoms with Crippen LogP contribution in [0.15, 0.2) is 48.5 Å². The highest BCUT2D eigenvalue weighted by Gasteiger charge is 2.30. The van der Waals surface area contributed by atoms with Gasteiger partial charge in [-0.3, -0.25) is 4.55 Å². The van der Waals surface area contributed by atoms with Gasteiger partial charge in [0.1, 0.15) is 53.9 Å². The van der Waals surface area contributed by atoms with Crippen molar-refractivity contribution in [3.63, 3.8) is 0 Å². The van der Waals surface area contributed by atoms with E-state index >= 15 is 4.79 Å². The monoisotopic (exact) mass is 1100 g/mol. The number of aryl methyl sites for hydroxylation is 3. The van der Waals surface area contributed by atoms with Gasteiger partial charge in [-0.15, -0.1) is 0 Å². The Labute approximate surface area is 445 Å². The second kappa shape index (κ2) is 33.6. The molecule has 1 N–H and O–H groups in total. The summed E-state index contributed by atoms with van der Waals surface area (Å²) in [5.41, 5.74) is 2.29. The van der Waals surface area contributed by atoms with Crippen LogP contribution in [0.25, 0.3) is 21.8 Å². The lowest BCUT2D eigenvalue weighted by Crippen LogP contribution is -2.38. The number of fused-ring (bicyclic) bond motifs is 2. The predicted molar refractivity (Wildman–Crippen MR) is 278 cm³/mol. The number of hydrogen-bond donors (Lipinski definition) is 1. The summed E-state index contributed by atoms with van der Waals surface area (Å²) in [4.78, 5) is 27.9. The van der Waals surface area contributed by atoms with E-state index in [0.717, 1.165) is 0 Å². The smallest absolute Gasteiger partial charge is 0.345 e. The number of methoxy groups -OCH3 is 9. The molecule has 3 aromatic carbocycles. The second-order valence-electron chi connectivity index (χ2n) is 17.8. The molecule has 0 spiro atoms. The lowest BCUT2D eigenvalue weighted by atomic mass is 10.0. The molecule has 4 rings (SSSR count). The maximum atomic E-state index is 15.3. The number of carbonyl (C=O) groups excluding carboxylic acids is 2. The van der Waals surface area contributed by atoms with Crippen LogP contribution in [0.1, 0.15) is 38.3 Å². The minimum absolute atomic E-state index is 0.00507. The third-order valence-electron chi connectivity index (χ3n) is 11.6. The Morgan fingerprint density at radius 1 is 0.500 bits per heavy atom. The summed E-state index contributed by atoms with van der Waals surface area (Å²) in [6.07, 6.45) is -3.29. The van der Waals surface area contributed by atoms with Gasteiger partial charge < -0.3 is 75.8 Å². The maximum absolute atomic E-state index is 15.3. The van der Waals surface area contributed by atoms with E-state index in [1.54, 1.807) is 119 Å². The van der Waals surface area contributed by atoms with E-state index in [2.05, 4.69) is 0 Å². The van der Waals surface area contributed by atoms with E-state index in [1.807, 2.05) is 4.57 Å². The summed E-state index contributed by atoms with van der Waals surface area (Å²) in [7, 11) is 9.38. The summed E-state index contributed by atoms with van der Waals surface area (Å²) in [6, 6.07) is 13.4. The molecule has 426 valence electrons. The molecule has 0 unspecified atom stereocenters. The van der Waals surface area contributed by atoms with Gasteiger partial charge in [0.2, 0.25) is 11.0 Å². The molecule has 0 radical (unpaired) electrons. The molecule has 4 aromatic rings. The summed E-state index contributed by atoms with van der Waals surface area (Å²) >= 11 is 0. The van der Waals surface area contributed by atoms with Gasteiger partial charge in [-0.1, -0.05) is 0 Å². The van der Waals surface area contributed by atoms with Gasteiger partial charge >= 0.3 is 11.9 Å². The summed E-state index contributed by atoms with van der Waals surface area (Å²) in [6.45, 7) is 5.51. The zero-order valence-corrected chi connectivity index (χ0v) is 46.5. The Kier molecular flexibility index (Phi) is 28.2. The van der Waals surface area contributed by atoms with Crippen LogP contribution in [0.2, 0.25) is 0 Å². The number of rotatable bonds is 39. The molecule has 0 amide bonds.